The van der Waals surface area contributed by atoms with Crippen molar-refractivity contribution in [3.8, 4) is 0 Å². The summed E-state index contributed by atoms with van der Waals surface area (Å²) in [5.74, 6) is -0.519. The molecule has 2 saturated heterocycles. The molecule has 1 N–H and O–H groups in total. The Balaban J connectivity index is 1.22. The molecule has 5 rings (SSSR count). The van der Waals surface area contributed by atoms with E-state index in [1.165, 1.54) is 11.3 Å². The predicted molar refractivity (Wildman–Crippen MR) is 138 cm³/mol. The van der Waals surface area contributed by atoms with Gasteiger partial charge in [-0.15, -0.1) is 11.8 Å². The van der Waals surface area contributed by atoms with Crippen LogP contribution in [0.25, 0.3) is 0 Å². The zero-order chi connectivity index (χ0) is 25.4. The van der Waals surface area contributed by atoms with Gasteiger partial charge in [0.1, 0.15) is 5.70 Å². The van der Waals surface area contributed by atoms with Gasteiger partial charge in [-0.25, -0.2) is 4.79 Å². The van der Waals surface area contributed by atoms with E-state index in [2.05, 4.69) is 9.89 Å². The van der Waals surface area contributed by atoms with Gasteiger partial charge >= 0.3 is 11.9 Å². The fourth-order valence-electron chi connectivity index (χ4n) is 5.94. The van der Waals surface area contributed by atoms with Crippen LogP contribution in [-0.4, -0.2) is 87.5 Å². The predicted octanol–water partition coefficient (Wildman–Crippen LogP) is 2.59. The summed E-state index contributed by atoms with van der Waals surface area (Å²) >= 11 is 3.39. The summed E-state index contributed by atoms with van der Waals surface area (Å²) < 4.78 is 10.6. The average molecular weight is 538 g/mol. The van der Waals surface area contributed by atoms with Crippen molar-refractivity contribution in [1.82, 2.24) is 9.80 Å². The first kappa shape index (κ1) is 25.9. The average Bonchev–Trinajstić information content (AvgIpc) is 3.42. The molecule has 1 saturated carbocycles. The van der Waals surface area contributed by atoms with Crippen molar-refractivity contribution < 1.29 is 29.0 Å². The molecule has 0 aromatic rings. The molecule has 0 bridgehead atoms. The number of amidine groups is 1. The Kier molecular flexibility index (Phi) is 7.88. The van der Waals surface area contributed by atoms with Gasteiger partial charge in [0.25, 0.3) is 0 Å². The molecule has 9 nitrogen and oxygen atoms in total. The first-order chi connectivity index (χ1) is 17.3. The van der Waals surface area contributed by atoms with Crippen molar-refractivity contribution in [2.24, 2.45) is 22.7 Å². The Morgan fingerprint density at radius 2 is 1.97 bits per heavy atom. The van der Waals surface area contributed by atoms with Crippen LogP contribution < -0.4 is 0 Å². The largest absolute Gasteiger partial charge is 0.428 e. The molecule has 0 unspecified atom stereocenters. The molecule has 3 fully saturated rings. The van der Waals surface area contributed by atoms with E-state index in [1.807, 2.05) is 6.92 Å². The molecule has 0 aromatic heterocycles. The molecule has 4 aliphatic heterocycles. The number of esters is 2. The molecule has 5 aliphatic rings. The number of aliphatic hydroxyl groups excluding tert-OH is 1. The van der Waals surface area contributed by atoms with Crippen LogP contribution in [0.5, 0.6) is 0 Å². The number of amides is 1. The minimum atomic E-state index is -0.792. The third-order valence-corrected chi connectivity index (χ3v) is 10.4. The molecular weight excluding hydrogens is 502 g/mol. The summed E-state index contributed by atoms with van der Waals surface area (Å²) in [5, 5.41) is 11.5. The highest BCUT2D eigenvalue weighted by Crippen LogP contribution is 2.52. The number of thioether (sulfide) groups is 2. The van der Waals surface area contributed by atoms with Gasteiger partial charge in [-0.2, -0.15) is 0 Å². The summed E-state index contributed by atoms with van der Waals surface area (Å²) in [4.78, 5) is 47.4. The van der Waals surface area contributed by atoms with E-state index in [0.29, 0.717) is 12.3 Å². The van der Waals surface area contributed by atoms with Crippen LogP contribution in [0.4, 0.5) is 0 Å². The van der Waals surface area contributed by atoms with E-state index in [1.54, 1.807) is 30.4 Å². The highest BCUT2D eigenvalue weighted by molar-refractivity contribution is 8.14. The van der Waals surface area contributed by atoms with Crippen LogP contribution in [0.3, 0.4) is 0 Å². The Hall–Kier alpha value is -1.72. The molecule has 4 heterocycles. The van der Waals surface area contributed by atoms with Crippen molar-refractivity contribution in [3.05, 3.63) is 10.6 Å². The zero-order valence-corrected chi connectivity index (χ0v) is 22.5. The number of aliphatic hydroxyl groups is 1. The van der Waals surface area contributed by atoms with Crippen LogP contribution in [0.1, 0.15) is 52.4 Å². The van der Waals surface area contributed by atoms with Crippen molar-refractivity contribution in [1.29, 1.82) is 0 Å². The number of β-lactam (4-membered cyclic amide) rings is 1. The van der Waals surface area contributed by atoms with Crippen molar-refractivity contribution in [2.45, 2.75) is 69.8 Å². The highest BCUT2D eigenvalue weighted by Gasteiger charge is 2.60. The second-order valence-corrected chi connectivity index (χ2v) is 12.8. The SMILES string of the molecule is C[C@@H](O)[C@H]1C(=O)N2C(C(=O)OCOC(=O)CC3CCCCC3)=C(SC3CN(C4=NCCS4)C3)[C@H](C)[C@H]12. The highest BCUT2D eigenvalue weighted by atomic mass is 32.2. The normalized spacial score (nSPS) is 29.5. The molecule has 1 amide bonds. The van der Waals surface area contributed by atoms with Crippen LogP contribution in [-0.2, 0) is 23.9 Å². The van der Waals surface area contributed by atoms with Crippen molar-refractivity contribution >= 4 is 46.5 Å². The van der Waals surface area contributed by atoms with E-state index in [-0.39, 0.29) is 34.8 Å². The Labute approximate surface area is 220 Å². The van der Waals surface area contributed by atoms with Gasteiger partial charge < -0.3 is 24.4 Å². The lowest BCUT2D eigenvalue weighted by Crippen LogP contribution is -2.63. The maximum absolute atomic E-state index is 13.2. The summed E-state index contributed by atoms with van der Waals surface area (Å²) in [6.45, 7) is 5.70. The number of hydrogen-bond acceptors (Lipinski definition) is 10. The Bertz CT molecular complexity index is 957. The third-order valence-electron chi connectivity index (χ3n) is 7.87. The van der Waals surface area contributed by atoms with Crippen molar-refractivity contribution in [3.63, 3.8) is 0 Å². The third kappa shape index (κ3) is 5.03. The first-order valence-electron chi connectivity index (χ1n) is 13.0. The lowest BCUT2D eigenvalue weighted by Gasteiger charge is -2.46. The Morgan fingerprint density at radius 3 is 2.64 bits per heavy atom. The van der Waals surface area contributed by atoms with Gasteiger partial charge in [-0.05, 0) is 25.7 Å². The van der Waals surface area contributed by atoms with Crippen molar-refractivity contribution in [2.75, 3.05) is 32.2 Å². The summed E-state index contributed by atoms with van der Waals surface area (Å²) in [6.07, 6.45) is 5.13. The maximum atomic E-state index is 13.2. The van der Waals surface area contributed by atoms with Gasteiger partial charge in [0.05, 0.1) is 24.6 Å². The van der Waals surface area contributed by atoms with Crippen LogP contribution in [0, 0.1) is 17.8 Å². The Morgan fingerprint density at radius 1 is 1.22 bits per heavy atom. The molecule has 1 aliphatic carbocycles. The summed E-state index contributed by atoms with van der Waals surface area (Å²) in [6, 6.07) is -0.262. The smallest absolute Gasteiger partial charge is 0.358 e. The van der Waals surface area contributed by atoms with E-state index >= 15 is 0 Å². The lowest BCUT2D eigenvalue weighted by molar-refractivity contribution is -0.172. The molecule has 0 radical (unpaired) electrons. The number of nitrogens with zero attached hydrogens (tertiary/aromatic N) is 3. The number of likely N-dealkylation sites (tertiary alicyclic amines) is 1. The second-order valence-electron chi connectivity index (χ2n) is 10.4. The first-order valence-corrected chi connectivity index (χ1v) is 14.9. The van der Waals surface area contributed by atoms with E-state index in [9.17, 15) is 19.5 Å². The van der Waals surface area contributed by atoms with Gasteiger partial charge in [0.2, 0.25) is 12.7 Å². The fourth-order valence-corrected chi connectivity index (χ4v) is 8.33. The number of fused-ring (bicyclic) bond motifs is 1. The standard InChI is InChI=1S/C25H35N3O6S2/c1-14-20-19(15(2)29)23(31)28(20)21(22(14)36-17-11-27(12-17)25-26-8-9-35-25)24(32)34-13-33-18(30)10-16-6-4-3-5-7-16/h14-17,19-20,29H,3-13H2,1-2H3/t14-,15-,19-,20-/m1/s1. The minimum absolute atomic E-state index is 0.0871. The summed E-state index contributed by atoms with van der Waals surface area (Å²) in [7, 11) is 0. The number of rotatable bonds is 8. The number of ether oxygens (including phenoxy) is 2. The van der Waals surface area contributed by atoms with Crippen LogP contribution in [0.15, 0.2) is 15.6 Å². The molecule has 0 spiro atoms. The molecule has 4 atom stereocenters. The van der Waals surface area contributed by atoms with E-state index < -0.39 is 24.8 Å². The maximum Gasteiger partial charge on any atom is 0.358 e. The summed E-state index contributed by atoms with van der Waals surface area (Å²) in [5.41, 5.74) is 0.244. The van der Waals surface area contributed by atoms with E-state index in [4.69, 9.17) is 9.47 Å². The lowest BCUT2D eigenvalue weighted by atomic mass is 9.79. The van der Waals surface area contributed by atoms with Gasteiger partial charge in [-0.3, -0.25) is 14.6 Å². The monoisotopic (exact) mass is 537 g/mol. The number of aliphatic imine (C=N–C) groups is 1. The minimum Gasteiger partial charge on any atom is -0.428 e. The quantitative estimate of drug-likeness (QED) is 0.284. The van der Waals surface area contributed by atoms with Gasteiger partial charge in [0, 0.05) is 41.3 Å². The van der Waals surface area contributed by atoms with Gasteiger partial charge in [-0.1, -0.05) is 37.9 Å². The molecule has 11 heteroatoms. The number of carbonyl (C=O) groups is 3. The molecule has 0 aromatic carbocycles. The van der Waals surface area contributed by atoms with Crippen LogP contribution >= 0.6 is 23.5 Å². The second kappa shape index (κ2) is 10.9. The fraction of sp³-hybridized carbons (Fsp3) is 0.760. The molecule has 36 heavy (non-hydrogen) atoms. The number of carbonyl (C=O) groups excluding carboxylic acids is 3. The molecular formula is C25H35N3O6S2. The number of hydrogen-bond donors (Lipinski definition) is 1. The van der Waals surface area contributed by atoms with Gasteiger partial charge in [0.15, 0.2) is 5.17 Å². The molecule has 198 valence electrons. The van der Waals surface area contributed by atoms with Crippen LogP contribution in [0.2, 0.25) is 0 Å². The topological polar surface area (TPSA) is 109 Å². The zero-order valence-electron chi connectivity index (χ0n) is 20.9. The van der Waals surface area contributed by atoms with E-state index in [0.717, 1.165) is 61.1 Å².